The van der Waals surface area contributed by atoms with Crippen molar-refractivity contribution in [2.75, 3.05) is 6.61 Å². The number of rotatable bonds is 5. The topological polar surface area (TPSA) is 48.0 Å². The average molecular weight is 371 g/mol. The third kappa shape index (κ3) is 3.96. The number of nitrogens with zero attached hydrogens (tertiary/aromatic N) is 1. The van der Waals surface area contributed by atoms with E-state index in [1.807, 2.05) is 60.7 Å². The zero-order chi connectivity index (χ0) is 18.6. The Morgan fingerprint density at radius 1 is 1.04 bits per heavy atom. The molecule has 0 aromatic heterocycles. The first kappa shape index (κ1) is 17.9. The van der Waals surface area contributed by atoms with E-state index in [4.69, 9.17) is 14.3 Å². The normalized spacial score (nSPS) is 26.8. The number of alkyl halides is 1. The van der Waals surface area contributed by atoms with Gasteiger partial charge in [-0.3, -0.25) is 4.84 Å². The SMILES string of the molecule is O=C(OCc1ccccc1)N1OC[C@@H]2C[C@H](OCc3ccccc3)[C@H](F)[C@@H]21. The molecule has 2 aromatic carbocycles. The summed E-state index contributed by atoms with van der Waals surface area (Å²) in [6, 6.07) is 18.4. The van der Waals surface area contributed by atoms with E-state index in [9.17, 15) is 9.18 Å². The molecule has 2 aliphatic rings. The molecule has 1 amide bonds. The number of amides is 1. The quantitative estimate of drug-likeness (QED) is 0.800. The maximum atomic E-state index is 15.0. The molecule has 5 nitrogen and oxygen atoms in total. The van der Waals surface area contributed by atoms with E-state index in [0.717, 1.165) is 16.2 Å². The van der Waals surface area contributed by atoms with E-state index in [1.54, 1.807) is 0 Å². The summed E-state index contributed by atoms with van der Waals surface area (Å²) in [6.07, 6.45) is -1.97. The molecule has 27 heavy (non-hydrogen) atoms. The second kappa shape index (κ2) is 8.06. The zero-order valence-electron chi connectivity index (χ0n) is 14.9. The summed E-state index contributed by atoms with van der Waals surface area (Å²) in [5.41, 5.74) is 1.87. The lowest BCUT2D eigenvalue weighted by Crippen LogP contribution is -2.42. The molecular weight excluding hydrogens is 349 g/mol. The van der Waals surface area contributed by atoms with Gasteiger partial charge in [0.15, 0.2) is 0 Å². The van der Waals surface area contributed by atoms with Crippen LogP contribution in [-0.4, -0.2) is 36.1 Å². The predicted molar refractivity (Wildman–Crippen MR) is 96.2 cm³/mol. The Morgan fingerprint density at radius 3 is 2.33 bits per heavy atom. The smallest absolute Gasteiger partial charge is 0.434 e. The molecule has 6 heteroatoms. The Bertz CT molecular complexity index is 757. The first-order valence-corrected chi connectivity index (χ1v) is 9.15. The van der Waals surface area contributed by atoms with Gasteiger partial charge in [-0.1, -0.05) is 60.7 Å². The van der Waals surface area contributed by atoms with E-state index in [2.05, 4.69) is 0 Å². The van der Waals surface area contributed by atoms with Gasteiger partial charge < -0.3 is 9.47 Å². The first-order valence-electron chi connectivity index (χ1n) is 9.15. The molecule has 0 unspecified atom stereocenters. The van der Waals surface area contributed by atoms with E-state index in [0.29, 0.717) is 19.6 Å². The van der Waals surface area contributed by atoms with Gasteiger partial charge in [-0.15, -0.1) is 0 Å². The average Bonchev–Trinajstić information content (AvgIpc) is 3.26. The summed E-state index contributed by atoms with van der Waals surface area (Å²) < 4.78 is 26.0. The largest absolute Gasteiger partial charge is 0.443 e. The van der Waals surface area contributed by atoms with Crippen molar-refractivity contribution in [3.8, 4) is 0 Å². The highest BCUT2D eigenvalue weighted by atomic mass is 19.1. The van der Waals surface area contributed by atoms with Crippen LogP contribution in [0.25, 0.3) is 0 Å². The lowest BCUT2D eigenvalue weighted by atomic mass is 10.1. The molecule has 1 saturated carbocycles. The number of hydroxylamine groups is 2. The van der Waals surface area contributed by atoms with Gasteiger partial charge in [0.25, 0.3) is 0 Å². The lowest BCUT2D eigenvalue weighted by molar-refractivity contribution is -0.134. The second-order valence-corrected chi connectivity index (χ2v) is 6.93. The number of fused-ring (bicyclic) bond motifs is 1. The fourth-order valence-electron chi connectivity index (χ4n) is 3.69. The molecule has 142 valence electrons. The van der Waals surface area contributed by atoms with Gasteiger partial charge >= 0.3 is 6.09 Å². The molecule has 2 fully saturated rings. The van der Waals surface area contributed by atoms with Crippen LogP contribution in [0, 0.1) is 5.92 Å². The number of hydrogen-bond acceptors (Lipinski definition) is 4. The monoisotopic (exact) mass is 371 g/mol. The molecule has 4 rings (SSSR count). The fraction of sp³-hybridized carbons (Fsp3) is 0.381. The van der Waals surface area contributed by atoms with Gasteiger partial charge in [0.1, 0.15) is 18.8 Å². The molecule has 2 aromatic rings. The van der Waals surface area contributed by atoms with E-state index >= 15 is 0 Å². The van der Waals surface area contributed by atoms with Gasteiger partial charge in [0.2, 0.25) is 0 Å². The maximum Gasteiger partial charge on any atom is 0.434 e. The Hall–Kier alpha value is -2.44. The lowest BCUT2D eigenvalue weighted by Gasteiger charge is -2.24. The van der Waals surface area contributed by atoms with Gasteiger partial charge in [-0.2, -0.15) is 5.06 Å². The Balaban J connectivity index is 1.33. The van der Waals surface area contributed by atoms with Gasteiger partial charge in [0, 0.05) is 5.92 Å². The predicted octanol–water partition coefficient (Wildman–Crippen LogP) is 3.88. The number of benzene rings is 2. The molecule has 1 aliphatic carbocycles. The summed E-state index contributed by atoms with van der Waals surface area (Å²) in [4.78, 5) is 17.8. The van der Waals surface area contributed by atoms with Gasteiger partial charge in [-0.05, 0) is 17.5 Å². The van der Waals surface area contributed by atoms with Crippen molar-refractivity contribution >= 4 is 6.09 Å². The van der Waals surface area contributed by atoms with Crippen LogP contribution in [0.15, 0.2) is 60.7 Å². The van der Waals surface area contributed by atoms with Gasteiger partial charge in [0.05, 0.1) is 19.3 Å². The minimum Gasteiger partial charge on any atom is -0.443 e. The van der Waals surface area contributed by atoms with Crippen molar-refractivity contribution < 1.29 is 23.5 Å². The molecule has 1 heterocycles. The molecule has 4 atom stereocenters. The molecular formula is C21H22FNO4. The fourth-order valence-corrected chi connectivity index (χ4v) is 3.69. The minimum absolute atomic E-state index is 0.0787. The van der Waals surface area contributed by atoms with Crippen LogP contribution in [-0.2, 0) is 27.5 Å². The van der Waals surface area contributed by atoms with Crippen molar-refractivity contribution in [3.05, 3.63) is 71.8 Å². The van der Waals surface area contributed by atoms with E-state index in [-0.39, 0.29) is 12.5 Å². The van der Waals surface area contributed by atoms with E-state index in [1.165, 1.54) is 0 Å². The summed E-state index contributed by atoms with van der Waals surface area (Å²) in [6.45, 7) is 0.781. The summed E-state index contributed by atoms with van der Waals surface area (Å²) in [7, 11) is 0. The van der Waals surface area contributed by atoms with Crippen molar-refractivity contribution in [3.63, 3.8) is 0 Å². The summed E-state index contributed by atoms with van der Waals surface area (Å²) in [5, 5.41) is 1.06. The van der Waals surface area contributed by atoms with Crippen molar-refractivity contribution in [1.29, 1.82) is 0 Å². The van der Waals surface area contributed by atoms with Crippen LogP contribution in [0.3, 0.4) is 0 Å². The number of carbonyl (C=O) groups is 1. The maximum absolute atomic E-state index is 15.0. The number of halogens is 1. The molecule has 1 aliphatic heterocycles. The number of carbonyl (C=O) groups excluding carboxylic acids is 1. The van der Waals surface area contributed by atoms with Crippen LogP contribution < -0.4 is 0 Å². The zero-order valence-corrected chi connectivity index (χ0v) is 14.9. The third-order valence-corrected chi connectivity index (χ3v) is 5.09. The van der Waals surface area contributed by atoms with Crippen LogP contribution in [0.4, 0.5) is 9.18 Å². The highest BCUT2D eigenvalue weighted by molar-refractivity contribution is 5.67. The third-order valence-electron chi connectivity index (χ3n) is 5.09. The molecule has 0 bridgehead atoms. The summed E-state index contributed by atoms with van der Waals surface area (Å²) >= 11 is 0. The first-order chi connectivity index (χ1) is 13.2. The molecule has 0 N–H and O–H groups in total. The summed E-state index contributed by atoms with van der Waals surface area (Å²) in [5.74, 6) is -0.0787. The second-order valence-electron chi connectivity index (χ2n) is 6.93. The van der Waals surface area contributed by atoms with Crippen LogP contribution in [0.1, 0.15) is 17.5 Å². The Kier molecular flexibility index (Phi) is 5.36. The number of ether oxygens (including phenoxy) is 2. The molecule has 0 spiro atoms. The van der Waals surface area contributed by atoms with Crippen molar-refractivity contribution in [2.45, 2.75) is 38.0 Å². The van der Waals surface area contributed by atoms with Gasteiger partial charge in [-0.25, -0.2) is 9.18 Å². The van der Waals surface area contributed by atoms with Crippen molar-refractivity contribution in [2.24, 2.45) is 5.92 Å². The standard InChI is InChI=1S/C21H22FNO4/c22-19-18(25-12-15-7-3-1-4-8-15)11-17-14-27-23(20(17)19)21(24)26-13-16-9-5-2-6-10-16/h1-10,17-20H,11-14H2/t17-,18-,19-,20+/m0/s1. The van der Waals surface area contributed by atoms with E-state index < -0.39 is 24.4 Å². The molecule has 1 saturated heterocycles. The van der Waals surface area contributed by atoms with Crippen molar-refractivity contribution in [1.82, 2.24) is 5.06 Å². The highest BCUT2D eigenvalue weighted by Crippen LogP contribution is 2.40. The Morgan fingerprint density at radius 2 is 1.67 bits per heavy atom. The van der Waals surface area contributed by atoms with Crippen LogP contribution in [0.5, 0.6) is 0 Å². The minimum atomic E-state index is -1.30. The van der Waals surface area contributed by atoms with Crippen LogP contribution >= 0.6 is 0 Å². The Labute approximate surface area is 157 Å². The van der Waals surface area contributed by atoms with Crippen LogP contribution in [0.2, 0.25) is 0 Å². The highest BCUT2D eigenvalue weighted by Gasteiger charge is 2.54. The number of hydrogen-bond donors (Lipinski definition) is 0. The molecule has 0 radical (unpaired) electrons.